The van der Waals surface area contributed by atoms with Crippen LogP contribution in [0.15, 0.2) is 11.1 Å². The lowest BCUT2D eigenvalue weighted by atomic mass is 9.68. The third-order valence-corrected chi connectivity index (χ3v) is 3.35. The third kappa shape index (κ3) is 2.92. The first-order valence-electron chi connectivity index (χ1n) is 6.34. The molecule has 1 unspecified atom stereocenters. The molecule has 0 saturated carbocycles. The van der Waals surface area contributed by atoms with E-state index < -0.39 is 17.4 Å². The molecule has 104 valence electrons. The Morgan fingerprint density at radius 3 is 1.94 bits per heavy atom. The van der Waals surface area contributed by atoms with Crippen molar-refractivity contribution in [3.63, 3.8) is 0 Å². The Balaban J connectivity index is 5.91. The van der Waals surface area contributed by atoms with E-state index in [1.807, 2.05) is 13.8 Å². The second-order valence-corrected chi connectivity index (χ2v) is 4.88. The van der Waals surface area contributed by atoms with Gasteiger partial charge < -0.3 is 9.84 Å². The number of hydrogen-bond donors (Lipinski definition) is 1. The van der Waals surface area contributed by atoms with Gasteiger partial charge in [0.05, 0.1) is 12.2 Å². The van der Waals surface area contributed by atoms with Gasteiger partial charge in [-0.1, -0.05) is 26.3 Å². The van der Waals surface area contributed by atoms with Gasteiger partial charge in [-0.3, -0.25) is 4.79 Å². The molecule has 0 fully saturated rings. The van der Waals surface area contributed by atoms with E-state index in [9.17, 15) is 14.7 Å². The monoisotopic (exact) mass is 256 g/mol. The van der Waals surface area contributed by atoms with Gasteiger partial charge in [0.25, 0.3) is 0 Å². The maximum Gasteiger partial charge on any atom is 0.335 e. The number of allylic oxidation sites excluding steroid dienone is 1. The molecule has 0 aromatic rings. The predicted octanol–water partition coefficient (Wildman–Crippen LogP) is 3.02. The van der Waals surface area contributed by atoms with Crippen molar-refractivity contribution in [2.75, 3.05) is 6.61 Å². The minimum Gasteiger partial charge on any atom is -0.481 e. The molecule has 0 bridgehead atoms. The topological polar surface area (TPSA) is 63.6 Å². The molecule has 0 saturated heterocycles. The van der Waals surface area contributed by atoms with Crippen LogP contribution in [-0.2, 0) is 14.3 Å². The smallest absolute Gasteiger partial charge is 0.335 e. The second-order valence-electron chi connectivity index (χ2n) is 4.88. The average molecular weight is 256 g/mol. The molecular weight excluding hydrogens is 232 g/mol. The molecule has 0 aliphatic carbocycles. The van der Waals surface area contributed by atoms with Crippen LogP contribution in [0.5, 0.6) is 0 Å². The SMILES string of the molecule is CCOC(=O)C(=C(C)C)C(CC)(C(=O)O)C(C)C. The number of aliphatic carboxylic acids is 1. The fraction of sp³-hybridized carbons (Fsp3) is 0.714. The van der Waals surface area contributed by atoms with E-state index in [0.29, 0.717) is 12.0 Å². The number of esters is 1. The first-order chi connectivity index (χ1) is 8.25. The number of carboxylic acids is 1. The molecule has 1 atom stereocenters. The van der Waals surface area contributed by atoms with Crippen LogP contribution in [0.25, 0.3) is 0 Å². The lowest BCUT2D eigenvalue weighted by molar-refractivity contribution is -0.154. The fourth-order valence-electron chi connectivity index (χ4n) is 2.41. The van der Waals surface area contributed by atoms with Crippen LogP contribution in [0.1, 0.15) is 48.0 Å². The lowest BCUT2D eigenvalue weighted by Gasteiger charge is -2.34. The summed E-state index contributed by atoms with van der Waals surface area (Å²) in [5.41, 5.74) is -0.189. The first kappa shape index (κ1) is 16.7. The minimum absolute atomic E-state index is 0.186. The van der Waals surface area contributed by atoms with E-state index in [4.69, 9.17) is 4.74 Å². The minimum atomic E-state index is -1.18. The maximum absolute atomic E-state index is 12.1. The Bertz CT molecular complexity index is 351. The first-order valence-corrected chi connectivity index (χ1v) is 6.34. The van der Waals surface area contributed by atoms with Crippen molar-refractivity contribution >= 4 is 11.9 Å². The van der Waals surface area contributed by atoms with Gasteiger partial charge in [-0.15, -0.1) is 0 Å². The van der Waals surface area contributed by atoms with Crippen molar-refractivity contribution in [2.45, 2.75) is 48.0 Å². The van der Waals surface area contributed by atoms with Crippen LogP contribution in [-0.4, -0.2) is 23.7 Å². The van der Waals surface area contributed by atoms with Crippen LogP contribution < -0.4 is 0 Å². The summed E-state index contributed by atoms with van der Waals surface area (Å²) < 4.78 is 5.01. The highest BCUT2D eigenvalue weighted by atomic mass is 16.5. The largest absolute Gasteiger partial charge is 0.481 e. The number of ether oxygens (including phenoxy) is 1. The normalized spacial score (nSPS) is 13.9. The van der Waals surface area contributed by atoms with Gasteiger partial charge >= 0.3 is 11.9 Å². The summed E-state index contributed by atoms with van der Waals surface area (Å²) in [6.07, 6.45) is 0.360. The van der Waals surface area contributed by atoms with E-state index in [-0.39, 0.29) is 18.1 Å². The summed E-state index contributed by atoms with van der Waals surface area (Å²) in [7, 11) is 0. The predicted molar refractivity (Wildman–Crippen MR) is 70.2 cm³/mol. The van der Waals surface area contributed by atoms with E-state index in [0.717, 1.165) is 0 Å². The highest BCUT2D eigenvalue weighted by molar-refractivity contribution is 5.98. The Hall–Kier alpha value is -1.32. The van der Waals surface area contributed by atoms with Gasteiger partial charge in [-0.25, -0.2) is 4.79 Å². The number of rotatable bonds is 6. The molecule has 0 aliphatic rings. The van der Waals surface area contributed by atoms with Crippen molar-refractivity contribution < 1.29 is 19.4 Å². The van der Waals surface area contributed by atoms with E-state index >= 15 is 0 Å². The third-order valence-electron chi connectivity index (χ3n) is 3.35. The molecule has 0 aromatic heterocycles. The fourth-order valence-corrected chi connectivity index (χ4v) is 2.41. The molecule has 0 aliphatic heterocycles. The van der Waals surface area contributed by atoms with Gasteiger partial charge in [0, 0.05) is 0 Å². The van der Waals surface area contributed by atoms with Crippen molar-refractivity contribution in [3.8, 4) is 0 Å². The van der Waals surface area contributed by atoms with Crippen LogP contribution in [0, 0.1) is 11.3 Å². The maximum atomic E-state index is 12.1. The highest BCUT2D eigenvalue weighted by Crippen LogP contribution is 2.41. The van der Waals surface area contributed by atoms with Gasteiger partial charge in [0.1, 0.15) is 5.41 Å². The van der Waals surface area contributed by atoms with Crippen molar-refractivity contribution in [1.82, 2.24) is 0 Å². The molecule has 4 heteroatoms. The van der Waals surface area contributed by atoms with E-state index in [2.05, 4.69) is 0 Å². The van der Waals surface area contributed by atoms with E-state index in [1.54, 1.807) is 27.7 Å². The Morgan fingerprint density at radius 1 is 1.22 bits per heavy atom. The summed E-state index contributed by atoms with van der Waals surface area (Å²) >= 11 is 0. The Kier molecular flexibility index (Phi) is 6.09. The molecule has 1 N–H and O–H groups in total. The van der Waals surface area contributed by atoms with E-state index in [1.165, 1.54) is 0 Å². The van der Waals surface area contributed by atoms with Crippen molar-refractivity contribution in [3.05, 3.63) is 11.1 Å². The molecule has 0 rings (SSSR count). The van der Waals surface area contributed by atoms with Crippen molar-refractivity contribution in [2.24, 2.45) is 11.3 Å². The molecule has 4 nitrogen and oxygen atoms in total. The Labute approximate surface area is 109 Å². The van der Waals surface area contributed by atoms with Gasteiger partial charge in [0.15, 0.2) is 0 Å². The van der Waals surface area contributed by atoms with Crippen LogP contribution >= 0.6 is 0 Å². The standard InChI is InChI=1S/C14H24O4/c1-7-14(10(5)6,13(16)17)11(9(3)4)12(15)18-8-2/h10H,7-8H2,1-6H3,(H,16,17). The lowest BCUT2D eigenvalue weighted by Crippen LogP contribution is -2.41. The zero-order valence-corrected chi connectivity index (χ0v) is 12.2. The summed E-state index contributed by atoms with van der Waals surface area (Å²) in [4.78, 5) is 23.8. The number of carboxylic acid groups (broad SMARTS) is 1. The molecule has 0 spiro atoms. The van der Waals surface area contributed by atoms with Crippen LogP contribution in [0.3, 0.4) is 0 Å². The van der Waals surface area contributed by atoms with Gasteiger partial charge in [0.2, 0.25) is 0 Å². The zero-order chi connectivity index (χ0) is 14.5. The summed E-state index contributed by atoms with van der Waals surface area (Å²) in [6, 6.07) is 0. The Morgan fingerprint density at radius 2 is 1.72 bits per heavy atom. The quantitative estimate of drug-likeness (QED) is 0.586. The molecule has 0 aromatic carbocycles. The second kappa shape index (κ2) is 6.57. The average Bonchev–Trinajstić information content (AvgIpc) is 2.23. The zero-order valence-electron chi connectivity index (χ0n) is 12.2. The molecule has 18 heavy (non-hydrogen) atoms. The van der Waals surface area contributed by atoms with Crippen LogP contribution in [0.4, 0.5) is 0 Å². The molecule has 0 radical (unpaired) electrons. The summed E-state index contributed by atoms with van der Waals surface area (Å²) in [5.74, 6) is -1.67. The van der Waals surface area contributed by atoms with Gasteiger partial charge in [-0.05, 0) is 33.1 Å². The highest BCUT2D eigenvalue weighted by Gasteiger charge is 2.47. The summed E-state index contributed by atoms with van der Waals surface area (Å²) in [6.45, 7) is 10.9. The molecule has 0 heterocycles. The number of carbonyl (C=O) groups is 2. The van der Waals surface area contributed by atoms with Crippen LogP contribution in [0.2, 0.25) is 0 Å². The van der Waals surface area contributed by atoms with Crippen molar-refractivity contribution in [1.29, 1.82) is 0 Å². The number of hydrogen-bond acceptors (Lipinski definition) is 3. The molecule has 0 amide bonds. The van der Waals surface area contributed by atoms with Gasteiger partial charge in [-0.2, -0.15) is 0 Å². The number of carbonyl (C=O) groups excluding carboxylic acids is 1. The molecular formula is C14H24O4. The summed E-state index contributed by atoms with van der Waals surface area (Å²) in [5, 5.41) is 9.59.